The lowest BCUT2D eigenvalue weighted by molar-refractivity contribution is 0.186. The summed E-state index contributed by atoms with van der Waals surface area (Å²) in [4.78, 5) is -0.513. The fraction of sp³-hybridized carbons (Fsp3) is 0.739. The summed E-state index contributed by atoms with van der Waals surface area (Å²) in [6.07, 6.45) is 13.5. The summed E-state index contributed by atoms with van der Waals surface area (Å²) >= 11 is 6.93. The van der Waals surface area contributed by atoms with E-state index in [2.05, 4.69) is 31.2 Å². The smallest absolute Gasteiger partial charge is 0.0521 e. The van der Waals surface area contributed by atoms with Crippen LogP contribution in [0.1, 0.15) is 83.1 Å². The molecule has 1 rings (SSSR count). The third-order valence-corrected chi connectivity index (χ3v) is 6.20. The quantitative estimate of drug-likeness (QED) is 0.267. The predicted molar refractivity (Wildman–Crippen MR) is 113 cm³/mol. The number of hydrogen-bond acceptors (Lipinski definition) is 2. The zero-order valence-electron chi connectivity index (χ0n) is 16.6. The second kappa shape index (κ2) is 14.5. The van der Waals surface area contributed by atoms with Gasteiger partial charge in [-0.3, -0.25) is 0 Å². The van der Waals surface area contributed by atoms with E-state index in [1.165, 1.54) is 56.9 Å². The van der Waals surface area contributed by atoms with Crippen molar-refractivity contribution in [2.45, 2.75) is 88.8 Å². The number of rotatable bonds is 16. The van der Waals surface area contributed by atoms with Crippen molar-refractivity contribution in [2.75, 3.05) is 13.2 Å². The molecule has 1 atom stereocenters. The molecule has 2 nitrogen and oxygen atoms in total. The third-order valence-electron chi connectivity index (χ3n) is 5.52. The van der Waals surface area contributed by atoms with Crippen molar-refractivity contribution >= 4 is 11.6 Å². The molecule has 1 unspecified atom stereocenters. The molecule has 0 aliphatic heterocycles. The molecule has 0 saturated carbocycles. The standard InChI is InChI=1S/C23H39ClO2/c1-2-3-4-5-6-7-8-12-15-22(20-21-13-10-9-11-14-21)23(24,16-18-25)17-19-26/h9-11,13-14,22,25-26H,2-8,12,15-20H2,1H3. The minimum absolute atomic E-state index is 0.0756. The SMILES string of the molecule is CCCCCCCCCCC(Cc1ccccc1)C(Cl)(CCO)CCO. The van der Waals surface area contributed by atoms with Crippen molar-refractivity contribution in [1.29, 1.82) is 0 Å². The zero-order chi connectivity index (χ0) is 19.1. The maximum atomic E-state index is 9.49. The van der Waals surface area contributed by atoms with Gasteiger partial charge in [-0.05, 0) is 37.2 Å². The average Bonchev–Trinajstić information content (AvgIpc) is 2.64. The van der Waals surface area contributed by atoms with Gasteiger partial charge < -0.3 is 10.2 Å². The first kappa shape index (κ1) is 23.5. The normalized spacial score (nSPS) is 13.1. The lowest BCUT2D eigenvalue weighted by atomic mass is 9.79. The van der Waals surface area contributed by atoms with E-state index in [9.17, 15) is 10.2 Å². The molecule has 150 valence electrons. The highest BCUT2D eigenvalue weighted by molar-refractivity contribution is 6.24. The van der Waals surface area contributed by atoms with Gasteiger partial charge in [0, 0.05) is 13.2 Å². The maximum Gasteiger partial charge on any atom is 0.0521 e. The minimum atomic E-state index is -0.513. The lowest BCUT2D eigenvalue weighted by Gasteiger charge is -2.35. The molecule has 0 amide bonds. The monoisotopic (exact) mass is 382 g/mol. The van der Waals surface area contributed by atoms with Crippen LogP contribution in [0.15, 0.2) is 30.3 Å². The molecule has 0 saturated heterocycles. The predicted octanol–water partition coefficient (Wildman–Crippen LogP) is 6.12. The van der Waals surface area contributed by atoms with Gasteiger partial charge in [-0.1, -0.05) is 88.6 Å². The fourth-order valence-corrected chi connectivity index (χ4v) is 4.23. The number of aliphatic hydroxyl groups is 2. The summed E-state index contributed by atoms with van der Waals surface area (Å²) in [6.45, 7) is 2.41. The Hall–Kier alpha value is -0.570. The molecular weight excluding hydrogens is 344 g/mol. The van der Waals surface area contributed by atoms with E-state index in [0.29, 0.717) is 12.8 Å². The van der Waals surface area contributed by atoms with Crippen LogP contribution in [0.2, 0.25) is 0 Å². The lowest BCUT2D eigenvalue weighted by Crippen LogP contribution is -2.36. The van der Waals surface area contributed by atoms with Crippen LogP contribution in [-0.4, -0.2) is 28.3 Å². The average molecular weight is 383 g/mol. The molecule has 3 heteroatoms. The van der Waals surface area contributed by atoms with Crippen molar-refractivity contribution in [3.8, 4) is 0 Å². The molecule has 0 spiro atoms. The number of aliphatic hydroxyl groups excluding tert-OH is 2. The van der Waals surface area contributed by atoms with Gasteiger partial charge in [-0.15, -0.1) is 11.6 Å². The minimum Gasteiger partial charge on any atom is -0.396 e. The Labute approximate surface area is 166 Å². The van der Waals surface area contributed by atoms with Gasteiger partial charge in [0.15, 0.2) is 0 Å². The van der Waals surface area contributed by atoms with Gasteiger partial charge in [0.05, 0.1) is 4.87 Å². The largest absolute Gasteiger partial charge is 0.396 e. The molecule has 2 N–H and O–H groups in total. The van der Waals surface area contributed by atoms with Crippen molar-refractivity contribution in [2.24, 2.45) is 5.92 Å². The van der Waals surface area contributed by atoms with Crippen LogP contribution in [-0.2, 0) is 6.42 Å². The summed E-state index contributed by atoms with van der Waals surface area (Å²) in [5.74, 6) is 0.283. The summed E-state index contributed by atoms with van der Waals surface area (Å²) in [7, 11) is 0. The van der Waals surface area contributed by atoms with Crippen molar-refractivity contribution < 1.29 is 10.2 Å². The van der Waals surface area contributed by atoms with Crippen molar-refractivity contribution in [3.63, 3.8) is 0 Å². The second-order valence-electron chi connectivity index (χ2n) is 7.63. The molecule has 0 fully saturated rings. The van der Waals surface area contributed by atoms with Crippen LogP contribution in [0.25, 0.3) is 0 Å². The van der Waals surface area contributed by atoms with Crippen LogP contribution >= 0.6 is 11.6 Å². The molecule has 1 aromatic carbocycles. The summed E-state index contributed by atoms with van der Waals surface area (Å²) in [6, 6.07) is 10.5. The zero-order valence-corrected chi connectivity index (χ0v) is 17.4. The number of unbranched alkanes of at least 4 members (excludes halogenated alkanes) is 7. The van der Waals surface area contributed by atoms with E-state index in [1.807, 2.05) is 6.07 Å². The van der Waals surface area contributed by atoms with E-state index in [0.717, 1.165) is 12.8 Å². The van der Waals surface area contributed by atoms with Crippen LogP contribution in [0.4, 0.5) is 0 Å². The molecule has 0 aliphatic rings. The van der Waals surface area contributed by atoms with Gasteiger partial charge >= 0.3 is 0 Å². The topological polar surface area (TPSA) is 40.5 Å². The van der Waals surface area contributed by atoms with Gasteiger partial charge in [-0.25, -0.2) is 0 Å². The Balaban J connectivity index is 2.54. The summed E-state index contributed by atoms with van der Waals surface area (Å²) < 4.78 is 0. The number of halogens is 1. The van der Waals surface area contributed by atoms with Gasteiger partial charge in [0.25, 0.3) is 0 Å². The van der Waals surface area contributed by atoms with E-state index >= 15 is 0 Å². The molecule has 0 radical (unpaired) electrons. The number of alkyl halides is 1. The van der Waals surface area contributed by atoms with E-state index in [1.54, 1.807) is 0 Å². The Morgan fingerprint density at radius 2 is 1.38 bits per heavy atom. The third kappa shape index (κ3) is 9.39. The highest BCUT2D eigenvalue weighted by atomic mass is 35.5. The molecule has 1 aromatic rings. The van der Waals surface area contributed by atoms with Crippen LogP contribution < -0.4 is 0 Å². The van der Waals surface area contributed by atoms with Crippen molar-refractivity contribution in [1.82, 2.24) is 0 Å². The van der Waals surface area contributed by atoms with Crippen LogP contribution in [0, 0.1) is 5.92 Å². The fourth-order valence-electron chi connectivity index (χ4n) is 3.87. The maximum absolute atomic E-state index is 9.49. The number of hydrogen-bond donors (Lipinski definition) is 2. The molecule has 0 aromatic heterocycles. The van der Waals surface area contributed by atoms with Crippen molar-refractivity contribution in [3.05, 3.63) is 35.9 Å². The highest BCUT2D eigenvalue weighted by Gasteiger charge is 2.35. The first-order valence-electron chi connectivity index (χ1n) is 10.6. The molecule has 0 aliphatic carbocycles. The van der Waals surface area contributed by atoms with Crippen LogP contribution in [0.5, 0.6) is 0 Å². The van der Waals surface area contributed by atoms with E-state index < -0.39 is 4.87 Å². The Morgan fingerprint density at radius 3 is 1.92 bits per heavy atom. The first-order valence-corrected chi connectivity index (χ1v) is 11.0. The van der Waals surface area contributed by atoms with Gasteiger partial charge in [0.1, 0.15) is 0 Å². The Morgan fingerprint density at radius 1 is 0.846 bits per heavy atom. The Bertz CT molecular complexity index is 429. The van der Waals surface area contributed by atoms with E-state index in [-0.39, 0.29) is 19.1 Å². The molecule has 26 heavy (non-hydrogen) atoms. The molecule has 0 bridgehead atoms. The van der Waals surface area contributed by atoms with Gasteiger partial charge in [-0.2, -0.15) is 0 Å². The summed E-state index contributed by atoms with van der Waals surface area (Å²) in [5, 5.41) is 19.0. The Kier molecular flexibility index (Phi) is 13.1. The number of benzene rings is 1. The second-order valence-corrected chi connectivity index (χ2v) is 8.38. The van der Waals surface area contributed by atoms with Crippen LogP contribution in [0.3, 0.4) is 0 Å². The molecule has 0 heterocycles. The first-order chi connectivity index (χ1) is 12.7. The molecular formula is C23H39ClO2. The van der Waals surface area contributed by atoms with Gasteiger partial charge in [0.2, 0.25) is 0 Å². The van der Waals surface area contributed by atoms with E-state index in [4.69, 9.17) is 11.6 Å². The summed E-state index contributed by atoms with van der Waals surface area (Å²) in [5.41, 5.74) is 1.29. The highest BCUT2D eigenvalue weighted by Crippen LogP contribution is 2.38.